The molecule has 2 aromatic carbocycles. The number of piperidine rings is 1. The van der Waals surface area contributed by atoms with Crippen LogP contribution >= 0.6 is 0 Å². The second kappa shape index (κ2) is 10.7. The highest BCUT2D eigenvalue weighted by Gasteiger charge is 2.20. The summed E-state index contributed by atoms with van der Waals surface area (Å²) in [6, 6.07) is 12.6. The first-order valence-electron chi connectivity index (χ1n) is 9.99. The Bertz CT molecular complexity index is 895. The standard InChI is InChI=1S/C23H26F2N2O4/c1-29-19-7-5-18(6-8-19)27-13-11-17(12-14-27)26-22(28)10-4-16-3-9-20(31-23(24)25)21(15-16)30-2/h3-10,15,17,23H,11-14H2,1-2H3,(H,26,28)/b10-4+. The summed E-state index contributed by atoms with van der Waals surface area (Å²) in [4.78, 5) is 14.6. The molecule has 1 fully saturated rings. The third kappa shape index (κ3) is 6.34. The summed E-state index contributed by atoms with van der Waals surface area (Å²) in [5.74, 6) is 0.748. The number of nitrogens with zero attached hydrogens (tertiary/aromatic N) is 1. The molecule has 1 aliphatic rings. The molecule has 166 valence electrons. The average molecular weight is 432 g/mol. The molecule has 0 radical (unpaired) electrons. The molecule has 1 amide bonds. The number of benzene rings is 2. The van der Waals surface area contributed by atoms with Gasteiger partial charge in [0.25, 0.3) is 0 Å². The van der Waals surface area contributed by atoms with Crippen molar-refractivity contribution < 1.29 is 27.8 Å². The van der Waals surface area contributed by atoms with Gasteiger partial charge in [-0.1, -0.05) is 6.07 Å². The number of rotatable bonds is 8. The molecule has 8 heteroatoms. The van der Waals surface area contributed by atoms with Crippen LogP contribution in [0.15, 0.2) is 48.5 Å². The van der Waals surface area contributed by atoms with Gasteiger partial charge in [0, 0.05) is 30.9 Å². The normalized spacial score (nSPS) is 14.7. The highest BCUT2D eigenvalue weighted by atomic mass is 19.3. The van der Waals surface area contributed by atoms with Gasteiger partial charge in [-0.2, -0.15) is 8.78 Å². The van der Waals surface area contributed by atoms with Crippen molar-refractivity contribution >= 4 is 17.7 Å². The molecule has 6 nitrogen and oxygen atoms in total. The Balaban J connectivity index is 1.50. The Labute approximate surface area is 180 Å². The van der Waals surface area contributed by atoms with Gasteiger partial charge in [0.05, 0.1) is 14.2 Å². The van der Waals surface area contributed by atoms with Crippen LogP contribution in [0.3, 0.4) is 0 Å². The lowest BCUT2D eigenvalue weighted by Crippen LogP contribution is -2.44. The van der Waals surface area contributed by atoms with Crippen LogP contribution in [-0.2, 0) is 4.79 Å². The number of carbonyl (C=O) groups excluding carboxylic acids is 1. The van der Waals surface area contributed by atoms with Crippen LogP contribution in [-0.4, -0.2) is 45.9 Å². The molecule has 0 bridgehead atoms. The predicted molar refractivity (Wildman–Crippen MR) is 115 cm³/mol. The maximum atomic E-state index is 12.4. The number of ether oxygens (including phenoxy) is 3. The van der Waals surface area contributed by atoms with E-state index in [4.69, 9.17) is 9.47 Å². The summed E-state index contributed by atoms with van der Waals surface area (Å²) in [5.41, 5.74) is 1.78. The van der Waals surface area contributed by atoms with Gasteiger partial charge in [-0.3, -0.25) is 4.79 Å². The summed E-state index contributed by atoms with van der Waals surface area (Å²) in [5, 5.41) is 3.02. The van der Waals surface area contributed by atoms with E-state index < -0.39 is 6.61 Å². The van der Waals surface area contributed by atoms with Gasteiger partial charge in [0.1, 0.15) is 5.75 Å². The molecule has 0 aromatic heterocycles. The molecule has 3 rings (SSSR count). The van der Waals surface area contributed by atoms with Gasteiger partial charge in [-0.15, -0.1) is 0 Å². The van der Waals surface area contributed by atoms with Crippen molar-refractivity contribution in [2.24, 2.45) is 0 Å². The van der Waals surface area contributed by atoms with Crippen LogP contribution in [0.2, 0.25) is 0 Å². The molecule has 31 heavy (non-hydrogen) atoms. The number of anilines is 1. The van der Waals surface area contributed by atoms with Crippen LogP contribution < -0.4 is 24.4 Å². The fourth-order valence-corrected chi connectivity index (χ4v) is 3.48. The summed E-state index contributed by atoms with van der Waals surface area (Å²) in [7, 11) is 3.01. The fraction of sp³-hybridized carbons (Fsp3) is 0.348. The monoisotopic (exact) mass is 432 g/mol. The Hall–Kier alpha value is -3.29. The van der Waals surface area contributed by atoms with Crippen molar-refractivity contribution in [2.45, 2.75) is 25.5 Å². The summed E-state index contributed by atoms with van der Waals surface area (Å²) >= 11 is 0. The van der Waals surface area contributed by atoms with Crippen LogP contribution in [0.1, 0.15) is 18.4 Å². The number of hydrogen-bond acceptors (Lipinski definition) is 5. The van der Waals surface area contributed by atoms with Crippen molar-refractivity contribution in [1.82, 2.24) is 5.32 Å². The quantitative estimate of drug-likeness (QED) is 0.637. The fourth-order valence-electron chi connectivity index (χ4n) is 3.48. The van der Waals surface area contributed by atoms with Gasteiger partial charge in [-0.05, 0) is 60.9 Å². The highest BCUT2D eigenvalue weighted by molar-refractivity contribution is 5.92. The molecule has 0 saturated carbocycles. The smallest absolute Gasteiger partial charge is 0.387 e. The molecule has 0 unspecified atom stereocenters. The molecule has 1 saturated heterocycles. The first-order chi connectivity index (χ1) is 15.0. The lowest BCUT2D eigenvalue weighted by Gasteiger charge is -2.33. The minimum absolute atomic E-state index is 0.0530. The molecular formula is C23H26F2N2O4. The van der Waals surface area contributed by atoms with E-state index in [9.17, 15) is 13.6 Å². The van der Waals surface area contributed by atoms with Gasteiger partial charge in [-0.25, -0.2) is 0 Å². The summed E-state index contributed by atoms with van der Waals surface area (Å²) in [6.07, 6.45) is 4.73. The van der Waals surface area contributed by atoms with Crippen molar-refractivity contribution in [2.75, 3.05) is 32.2 Å². The predicted octanol–water partition coefficient (Wildman–Crippen LogP) is 4.10. The Morgan fingerprint density at radius 3 is 2.39 bits per heavy atom. The van der Waals surface area contributed by atoms with Crippen molar-refractivity contribution in [3.8, 4) is 17.2 Å². The highest BCUT2D eigenvalue weighted by Crippen LogP contribution is 2.30. The number of methoxy groups -OCH3 is 2. The van der Waals surface area contributed by atoms with E-state index in [2.05, 4.69) is 15.0 Å². The minimum atomic E-state index is -2.93. The molecule has 0 aliphatic carbocycles. The molecule has 0 atom stereocenters. The maximum absolute atomic E-state index is 12.4. The second-order valence-electron chi connectivity index (χ2n) is 7.09. The minimum Gasteiger partial charge on any atom is -0.497 e. The number of nitrogens with one attached hydrogen (secondary N) is 1. The van der Waals surface area contributed by atoms with Crippen molar-refractivity contribution in [3.63, 3.8) is 0 Å². The Morgan fingerprint density at radius 2 is 1.77 bits per heavy atom. The third-order valence-electron chi connectivity index (χ3n) is 5.11. The average Bonchev–Trinajstić information content (AvgIpc) is 2.78. The number of carbonyl (C=O) groups is 1. The van der Waals surface area contributed by atoms with Gasteiger partial charge in [0.15, 0.2) is 11.5 Å². The summed E-state index contributed by atoms with van der Waals surface area (Å²) in [6.45, 7) is -1.23. The van der Waals surface area contributed by atoms with Crippen LogP contribution in [0.4, 0.5) is 14.5 Å². The Kier molecular flexibility index (Phi) is 7.70. The van der Waals surface area contributed by atoms with E-state index in [0.717, 1.165) is 37.4 Å². The van der Waals surface area contributed by atoms with Gasteiger partial charge in [0.2, 0.25) is 5.91 Å². The van der Waals surface area contributed by atoms with E-state index in [0.29, 0.717) is 5.56 Å². The summed E-state index contributed by atoms with van der Waals surface area (Å²) < 4.78 is 39.5. The number of alkyl halides is 2. The lowest BCUT2D eigenvalue weighted by molar-refractivity contribution is -0.117. The zero-order chi connectivity index (χ0) is 22.2. The molecular weight excluding hydrogens is 406 g/mol. The molecule has 1 N–H and O–H groups in total. The molecule has 1 heterocycles. The SMILES string of the molecule is COc1ccc(N2CCC(NC(=O)/C=C/c3ccc(OC(F)F)c(OC)c3)CC2)cc1. The van der Waals surface area contributed by atoms with E-state index >= 15 is 0 Å². The molecule has 2 aromatic rings. The largest absolute Gasteiger partial charge is 0.497 e. The number of hydrogen-bond donors (Lipinski definition) is 1. The first-order valence-corrected chi connectivity index (χ1v) is 9.99. The van der Waals surface area contributed by atoms with E-state index in [1.54, 1.807) is 19.3 Å². The Morgan fingerprint density at radius 1 is 1.06 bits per heavy atom. The topological polar surface area (TPSA) is 60.0 Å². The molecule has 1 aliphatic heterocycles. The maximum Gasteiger partial charge on any atom is 0.387 e. The second-order valence-corrected chi connectivity index (χ2v) is 7.09. The molecule has 0 spiro atoms. The number of halogens is 2. The van der Waals surface area contributed by atoms with Crippen LogP contribution in [0.25, 0.3) is 6.08 Å². The van der Waals surface area contributed by atoms with Gasteiger partial charge < -0.3 is 24.4 Å². The lowest BCUT2D eigenvalue weighted by atomic mass is 10.0. The third-order valence-corrected chi connectivity index (χ3v) is 5.11. The van der Waals surface area contributed by atoms with E-state index in [-0.39, 0.29) is 23.4 Å². The van der Waals surface area contributed by atoms with Crippen LogP contribution in [0.5, 0.6) is 17.2 Å². The first kappa shape index (κ1) is 22.4. The van der Waals surface area contributed by atoms with E-state index in [1.807, 2.05) is 24.3 Å². The van der Waals surface area contributed by atoms with Crippen molar-refractivity contribution in [1.29, 1.82) is 0 Å². The van der Waals surface area contributed by atoms with Crippen molar-refractivity contribution in [3.05, 3.63) is 54.1 Å². The number of amides is 1. The zero-order valence-electron chi connectivity index (χ0n) is 17.5. The van der Waals surface area contributed by atoms with Gasteiger partial charge >= 0.3 is 6.61 Å². The van der Waals surface area contributed by atoms with E-state index in [1.165, 1.54) is 25.3 Å². The van der Waals surface area contributed by atoms with Crippen LogP contribution in [0, 0.1) is 0 Å². The zero-order valence-corrected chi connectivity index (χ0v) is 17.5.